The molecule has 37 heavy (non-hydrogen) atoms. The van der Waals surface area contributed by atoms with Crippen molar-refractivity contribution in [2.45, 2.75) is 6.04 Å². The number of thiazole rings is 1. The summed E-state index contributed by atoms with van der Waals surface area (Å²) >= 11 is 7.25. The number of halogens is 1. The van der Waals surface area contributed by atoms with Crippen molar-refractivity contribution in [3.05, 3.63) is 82.4 Å². The number of fused-ring (bicyclic) bond motifs is 1. The van der Waals surface area contributed by atoms with Gasteiger partial charge in [0.15, 0.2) is 16.6 Å². The first-order chi connectivity index (χ1) is 17.9. The summed E-state index contributed by atoms with van der Waals surface area (Å²) in [7, 11) is 4.53. The highest BCUT2D eigenvalue weighted by Crippen LogP contribution is 2.48. The molecule has 3 aromatic carbocycles. The molecule has 1 aliphatic heterocycles. The molecule has 0 spiro atoms. The smallest absolute Gasteiger partial charge is 0.301 e. The number of aliphatic hydroxyl groups excluding tert-OH is 1. The van der Waals surface area contributed by atoms with Gasteiger partial charge in [0.25, 0.3) is 5.78 Å². The second-order valence-corrected chi connectivity index (χ2v) is 9.53. The summed E-state index contributed by atoms with van der Waals surface area (Å²) in [6.45, 7) is 0. The van der Waals surface area contributed by atoms with Crippen LogP contribution in [0, 0.1) is 0 Å². The molecule has 1 saturated heterocycles. The fraction of sp³-hybridized carbons (Fsp3) is 0.148. The minimum absolute atomic E-state index is 0.101. The predicted molar refractivity (Wildman–Crippen MR) is 142 cm³/mol. The zero-order valence-corrected chi connectivity index (χ0v) is 21.6. The van der Waals surface area contributed by atoms with Crippen LogP contribution in [-0.4, -0.2) is 43.1 Å². The van der Waals surface area contributed by atoms with Crippen molar-refractivity contribution in [2.75, 3.05) is 26.2 Å². The van der Waals surface area contributed by atoms with Crippen LogP contribution in [0.25, 0.3) is 16.0 Å². The molecule has 10 heteroatoms. The van der Waals surface area contributed by atoms with Gasteiger partial charge in [0.05, 0.1) is 37.1 Å². The van der Waals surface area contributed by atoms with Crippen LogP contribution in [0.5, 0.6) is 17.2 Å². The topological polar surface area (TPSA) is 98.2 Å². The van der Waals surface area contributed by atoms with Crippen LogP contribution in [0.15, 0.2) is 66.2 Å². The standard InChI is InChI=1S/C27H21ClN2O6S/c1-34-16-11-12-18-20(13-16)37-27(29-18)30-22(17-5-4-6-19(35-2)25(17)36-3)21(24(32)26(30)33)23(31)14-7-9-15(28)10-8-14/h4-13,22,31H,1-3H3/t22-/m1/s1. The second-order valence-electron chi connectivity index (χ2n) is 8.09. The molecule has 0 radical (unpaired) electrons. The largest absolute Gasteiger partial charge is 0.507 e. The lowest BCUT2D eigenvalue weighted by Crippen LogP contribution is -2.29. The van der Waals surface area contributed by atoms with Crippen LogP contribution in [0.3, 0.4) is 0 Å². The van der Waals surface area contributed by atoms with Gasteiger partial charge in [0.1, 0.15) is 17.6 Å². The molecule has 0 saturated carbocycles. The summed E-state index contributed by atoms with van der Waals surface area (Å²) in [5.41, 5.74) is 1.32. The zero-order valence-electron chi connectivity index (χ0n) is 20.0. The third-order valence-electron chi connectivity index (χ3n) is 6.08. The SMILES string of the molecule is COc1ccc2nc(N3C(=O)C(=O)C(=C(O)c4ccc(Cl)cc4)[C@H]3c3cccc(OC)c3OC)sc2c1. The summed E-state index contributed by atoms with van der Waals surface area (Å²) in [6.07, 6.45) is 0. The summed E-state index contributed by atoms with van der Waals surface area (Å²) in [6, 6.07) is 15.8. The average molecular weight is 537 g/mol. The monoisotopic (exact) mass is 536 g/mol. The van der Waals surface area contributed by atoms with E-state index in [-0.39, 0.29) is 16.5 Å². The molecule has 8 nitrogen and oxygen atoms in total. The van der Waals surface area contributed by atoms with E-state index in [1.165, 1.54) is 30.5 Å². The van der Waals surface area contributed by atoms with Crippen LogP contribution < -0.4 is 19.1 Å². The van der Waals surface area contributed by atoms with E-state index in [0.717, 1.165) is 4.70 Å². The lowest BCUT2D eigenvalue weighted by atomic mass is 9.94. The first kappa shape index (κ1) is 24.6. The van der Waals surface area contributed by atoms with Gasteiger partial charge in [-0.05, 0) is 48.5 Å². The van der Waals surface area contributed by atoms with Crippen LogP contribution in [0.4, 0.5) is 5.13 Å². The lowest BCUT2D eigenvalue weighted by Gasteiger charge is -2.25. The van der Waals surface area contributed by atoms with Crippen molar-refractivity contribution in [3.63, 3.8) is 0 Å². The minimum Gasteiger partial charge on any atom is -0.507 e. The highest BCUT2D eigenvalue weighted by atomic mass is 35.5. The Kier molecular flexibility index (Phi) is 6.49. The second kappa shape index (κ2) is 9.76. The Morgan fingerprint density at radius 3 is 2.43 bits per heavy atom. The molecule has 2 heterocycles. The van der Waals surface area contributed by atoms with Gasteiger partial charge in [-0.15, -0.1) is 0 Å². The maximum absolute atomic E-state index is 13.5. The fourth-order valence-corrected chi connectivity index (χ4v) is 5.48. The van der Waals surface area contributed by atoms with Crippen molar-refractivity contribution < 1.29 is 28.9 Å². The number of benzene rings is 3. The van der Waals surface area contributed by atoms with E-state index in [9.17, 15) is 14.7 Å². The molecule has 4 aromatic rings. The number of ketones is 1. The van der Waals surface area contributed by atoms with Gasteiger partial charge in [-0.1, -0.05) is 35.1 Å². The van der Waals surface area contributed by atoms with E-state index in [4.69, 9.17) is 25.8 Å². The van der Waals surface area contributed by atoms with Gasteiger partial charge in [-0.2, -0.15) is 0 Å². The molecule has 1 atom stereocenters. The van der Waals surface area contributed by atoms with Gasteiger partial charge in [-0.3, -0.25) is 14.5 Å². The number of aliphatic hydroxyl groups is 1. The van der Waals surface area contributed by atoms with Gasteiger partial charge < -0.3 is 19.3 Å². The first-order valence-electron chi connectivity index (χ1n) is 11.1. The van der Waals surface area contributed by atoms with Crippen molar-refractivity contribution in [3.8, 4) is 17.2 Å². The molecular formula is C27H21ClN2O6S. The number of ether oxygens (including phenoxy) is 3. The molecule has 1 aromatic heterocycles. The van der Waals surface area contributed by atoms with Crippen molar-refractivity contribution in [2.24, 2.45) is 0 Å². The Bertz CT molecular complexity index is 1560. The van der Waals surface area contributed by atoms with E-state index in [0.29, 0.717) is 38.9 Å². The Balaban J connectivity index is 1.77. The molecule has 1 fully saturated rings. The van der Waals surface area contributed by atoms with Crippen LogP contribution in [0.2, 0.25) is 5.02 Å². The van der Waals surface area contributed by atoms with Crippen molar-refractivity contribution >= 4 is 55.7 Å². The maximum atomic E-state index is 13.5. The number of nitrogens with zero attached hydrogens (tertiary/aromatic N) is 2. The molecule has 1 aliphatic rings. The third kappa shape index (κ3) is 4.16. The normalized spacial score (nSPS) is 16.9. The lowest BCUT2D eigenvalue weighted by molar-refractivity contribution is -0.132. The number of carbonyl (C=O) groups excluding carboxylic acids is 2. The fourth-order valence-electron chi connectivity index (χ4n) is 4.34. The Hall–Kier alpha value is -4.08. The zero-order chi connectivity index (χ0) is 26.3. The maximum Gasteiger partial charge on any atom is 0.301 e. The number of methoxy groups -OCH3 is 3. The summed E-state index contributed by atoms with van der Waals surface area (Å²) in [5, 5.41) is 12.1. The number of amides is 1. The molecule has 0 aliphatic carbocycles. The van der Waals surface area contributed by atoms with E-state index in [1.54, 1.807) is 61.7 Å². The number of rotatable bonds is 6. The molecule has 5 rings (SSSR count). The van der Waals surface area contributed by atoms with Crippen LogP contribution in [0.1, 0.15) is 17.2 Å². The molecule has 0 bridgehead atoms. The van der Waals surface area contributed by atoms with E-state index in [1.807, 2.05) is 6.07 Å². The van der Waals surface area contributed by atoms with Crippen LogP contribution >= 0.6 is 22.9 Å². The summed E-state index contributed by atoms with van der Waals surface area (Å²) in [4.78, 5) is 32.9. The van der Waals surface area contributed by atoms with Crippen molar-refractivity contribution in [1.29, 1.82) is 0 Å². The van der Waals surface area contributed by atoms with E-state index in [2.05, 4.69) is 4.98 Å². The van der Waals surface area contributed by atoms with Crippen LogP contribution in [-0.2, 0) is 9.59 Å². The number of carbonyl (C=O) groups is 2. The molecule has 0 unspecified atom stereocenters. The number of para-hydroxylation sites is 1. The van der Waals surface area contributed by atoms with Gasteiger partial charge in [0, 0.05) is 16.1 Å². The third-order valence-corrected chi connectivity index (χ3v) is 7.35. The molecule has 1 N–H and O–H groups in total. The van der Waals surface area contributed by atoms with Gasteiger partial charge >= 0.3 is 5.91 Å². The highest BCUT2D eigenvalue weighted by Gasteiger charge is 2.49. The van der Waals surface area contributed by atoms with Gasteiger partial charge in [-0.25, -0.2) is 4.98 Å². The summed E-state index contributed by atoms with van der Waals surface area (Å²) < 4.78 is 17.2. The average Bonchev–Trinajstić information content (AvgIpc) is 3.45. The number of hydrogen-bond acceptors (Lipinski definition) is 8. The summed E-state index contributed by atoms with van der Waals surface area (Å²) in [5.74, 6) is -0.637. The molecule has 188 valence electrons. The van der Waals surface area contributed by atoms with E-state index < -0.39 is 17.7 Å². The quantitative estimate of drug-likeness (QED) is 0.194. The van der Waals surface area contributed by atoms with E-state index >= 15 is 0 Å². The Morgan fingerprint density at radius 2 is 1.76 bits per heavy atom. The predicted octanol–water partition coefficient (Wildman–Crippen LogP) is 5.60. The Morgan fingerprint density at radius 1 is 1.00 bits per heavy atom. The minimum atomic E-state index is -1.04. The number of hydrogen-bond donors (Lipinski definition) is 1. The number of aromatic nitrogens is 1. The van der Waals surface area contributed by atoms with Gasteiger partial charge in [0.2, 0.25) is 0 Å². The number of anilines is 1. The number of Topliss-reactive ketones (excluding diaryl/α,β-unsaturated/α-hetero) is 1. The Labute approximate surface area is 221 Å². The van der Waals surface area contributed by atoms with Crippen molar-refractivity contribution in [1.82, 2.24) is 4.98 Å². The highest BCUT2D eigenvalue weighted by molar-refractivity contribution is 7.22. The molecule has 1 amide bonds. The first-order valence-corrected chi connectivity index (χ1v) is 12.3. The molecular weight excluding hydrogens is 516 g/mol.